The summed E-state index contributed by atoms with van der Waals surface area (Å²) < 4.78 is 0. The van der Waals surface area contributed by atoms with E-state index in [2.05, 4.69) is 255 Å². The van der Waals surface area contributed by atoms with E-state index in [1.165, 1.54) is 121 Å². The van der Waals surface area contributed by atoms with E-state index in [-0.39, 0.29) is 0 Å². The second-order valence-electron chi connectivity index (χ2n) is 16.7. The van der Waals surface area contributed by atoms with Gasteiger partial charge in [-0.3, -0.25) is 0 Å². The molecule has 0 heteroatoms. The minimum Gasteiger partial charge on any atom is -0.0683 e. The number of rotatable bonds is 7. The first-order chi connectivity index (χ1) is 32.8. The van der Waals surface area contributed by atoms with Crippen molar-refractivity contribution in [2.24, 2.45) is 0 Å². The lowest BCUT2D eigenvalue weighted by atomic mass is 9.83. The van der Waals surface area contributed by atoms with E-state index in [4.69, 9.17) is 0 Å². The minimum atomic E-state index is 1.19. The quantitative estimate of drug-likeness (QED) is 0.140. The number of hydrogen-bond donors (Lipinski definition) is 0. The highest BCUT2D eigenvalue weighted by Crippen LogP contribution is 2.48. The van der Waals surface area contributed by atoms with Crippen LogP contribution < -0.4 is 0 Å². The van der Waals surface area contributed by atoms with Gasteiger partial charge < -0.3 is 0 Å². The summed E-state index contributed by atoms with van der Waals surface area (Å²) in [6.07, 6.45) is 0. The smallest absolute Gasteiger partial charge is 0.00261 e. The molecular weight excluding hydrogens is 793 g/mol. The standard InChI is InChI=1S/C64H42.C2H6/c1-5-17-43(18-6-1)45-29-33-49(34-30-45)63-55-27-15-13-25-53(55)61(47-21-9-3-10-22-47)57-39-37-51(41-59(57)63)52-38-40-58-60(42-52)64(50-35-31-46(32-36-50)44-19-7-2-8-20-44)56-28-16-14-26-54(56)62(58)48-23-11-4-12-24-48;1-2/h1-42H;1-2H3. The molecule has 0 bridgehead atoms. The van der Waals surface area contributed by atoms with Crippen molar-refractivity contribution in [3.05, 3.63) is 255 Å². The minimum absolute atomic E-state index is 1.19. The van der Waals surface area contributed by atoms with Gasteiger partial charge in [0.25, 0.3) is 0 Å². The van der Waals surface area contributed by atoms with E-state index in [0.717, 1.165) is 0 Å². The van der Waals surface area contributed by atoms with Crippen molar-refractivity contribution in [1.82, 2.24) is 0 Å². The monoisotopic (exact) mass is 840 g/mol. The van der Waals surface area contributed by atoms with Crippen LogP contribution >= 0.6 is 0 Å². The zero-order valence-electron chi connectivity index (χ0n) is 37.2. The molecule has 0 saturated carbocycles. The summed E-state index contributed by atoms with van der Waals surface area (Å²) in [4.78, 5) is 0. The third kappa shape index (κ3) is 7.24. The average Bonchev–Trinajstić information content (AvgIpc) is 3.41. The molecule has 0 atom stereocenters. The first-order valence-corrected chi connectivity index (χ1v) is 23.2. The highest BCUT2D eigenvalue weighted by molar-refractivity contribution is 6.24. The molecule has 0 heterocycles. The van der Waals surface area contributed by atoms with Crippen LogP contribution in [0.3, 0.4) is 0 Å². The predicted octanol–water partition coefficient (Wildman–Crippen LogP) is 19.0. The molecular formula is C66H48. The Balaban J connectivity index is 0.00000238. The molecule has 0 N–H and O–H groups in total. The maximum absolute atomic E-state index is 2.45. The predicted molar refractivity (Wildman–Crippen MR) is 286 cm³/mol. The Bertz CT molecular complexity index is 3400. The molecule has 0 aliphatic heterocycles. The van der Waals surface area contributed by atoms with Crippen LogP contribution in [-0.4, -0.2) is 0 Å². The Morgan fingerprint density at radius 3 is 0.667 bits per heavy atom. The van der Waals surface area contributed by atoms with Gasteiger partial charge in [0.05, 0.1) is 0 Å². The second kappa shape index (κ2) is 17.7. The van der Waals surface area contributed by atoms with Crippen molar-refractivity contribution in [2.75, 3.05) is 0 Å². The van der Waals surface area contributed by atoms with E-state index in [0.29, 0.717) is 0 Å². The van der Waals surface area contributed by atoms with Gasteiger partial charge in [-0.2, -0.15) is 0 Å². The van der Waals surface area contributed by atoms with Crippen LogP contribution in [0.25, 0.3) is 121 Å². The fraction of sp³-hybridized carbons (Fsp3) is 0.0303. The van der Waals surface area contributed by atoms with Crippen LogP contribution in [0.5, 0.6) is 0 Å². The molecule has 12 aromatic rings. The topological polar surface area (TPSA) is 0 Å². The summed E-state index contributed by atoms with van der Waals surface area (Å²) in [6, 6.07) is 93.6. The molecule has 0 aliphatic rings. The van der Waals surface area contributed by atoms with Crippen molar-refractivity contribution in [2.45, 2.75) is 13.8 Å². The number of benzene rings is 12. The maximum atomic E-state index is 2.45. The molecule has 0 amide bonds. The highest BCUT2D eigenvalue weighted by atomic mass is 14.2. The summed E-state index contributed by atoms with van der Waals surface area (Å²) >= 11 is 0. The van der Waals surface area contributed by atoms with E-state index in [9.17, 15) is 0 Å². The van der Waals surface area contributed by atoms with Crippen molar-refractivity contribution in [3.63, 3.8) is 0 Å². The van der Waals surface area contributed by atoms with Gasteiger partial charge in [-0.1, -0.05) is 257 Å². The summed E-state index contributed by atoms with van der Waals surface area (Å²) in [5, 5.41) is 9.97. The Morgan fingerprint density at radius 1 is 0.152 bits per heavy atom. The third-order valence-corrected chi connectivity index (χ3v) is 13.1. The maximum Gasteiger partial charge on any atom is -0.00261 e. The van der Waals surface area contributed by atoms with E-state index >= 15 is 0 Å². The lowest BCUT2D eigenvalue weighted by Crippen LogP contribution is -1.93. The van der Waals surface area contributed by atoms with Crippen molar-refractivity contribution in [3.8, 4) is 77.9 Å². The van der Waals surface area contributed by atoms with Crippen LogP contribution in [0.1, 0.15) is 13.8 Å². The van der Waals surface area contributed by atoms with Gasteiger partial charge in [0, 0.05) is 0 Å². The molecule has 0 radical (unpaired) electrons. The number of fused-ring (bicyclic) bond motifs is 4. The van der Waals surface area contributed by atoms with Gasteiger partial charge >= 0.3 is 0 Å². The van der Waals surface area contributed by atoms with Crippen molar-refractivity contribution >= 4 is 43.1 Å². The summed E-state index contributed by atoms with van der Waals surface area (Å²) in [5.74, 6) is 0. The van der Waals surface area contributed by atoms with E-state index < -0.39 is 0 Å². The lowest BCUT2D eigenvalue weighted by molar-refractivity contribution is 1.50. The van der Waals surface area contributed by atoms with Crippen LogP contribution in [0.2, 0.25) is 0 Å². The van der Waals surface area contributed by atoms with Gasteiger partial charge in [0.2, 0.25) is 0 Å². The van der Waals surface area contributed by atoms with E-state index in [1.54, 1.807) is 0 Å². The molecule has 312 valence electrons. The molecule has 0 spiro atoms. The van der Waals surface area contributed by atoms with E-state index in [1.807, 2.05) is 13.8 Å². The van der Waals surface area contributed by atoms with Crippen LogP contribution in [0.4, 0.5) is 0 Å². The molecule has 0 unspecified atom stereocenters. The highest BCUT2D eigenvalue weighted by Gasteiger charge is 2.20. The molecule has 12 rings (SSSR count). The zero-order chi connectivity index (χ0) is 44.4. The lowest BCUT2D eigenvalue weighted by Gasteiger charge is -2.20. The Morgan fingerprint density at radius 2 is 0.348 bits per heavy atom. The molecule has 0 fully saturated rings. The Labute approximate surface area is 387 Å². The number of hydrogen-bond acceptors (Lipinski definition) is 0. The molecule has 66 heavy (non-hydrogen) atoms. The molecule has 0 aromatic heterocycles. The summed E-state index contributed by atoms with van der Waals surface area (Å²) in [5.41, 5.74) is 17.1. The summed E-state index contributed by atoms with van der Waals surface area (Å²) in [6.45, 7) is 4.00. The van der Waals surface area contributed by atoms with Crippen molar-refractivity contribution < 1.29 is 0 Å². The van der Waals surface area contributed by atoms with Gasteiger partial charge in [0.1, 0.15) is 0 Å². The first-order valence-electron chi connectivity index (χ1n) is 23.2. The fourth-order valence-electron chi connectivity index (χ4n) is 10.1. The second-order valence-corrected chi connectivity index (χ2v) is 16.7. The normalized spacial score (nSPS) is 11.2. The molecule has 0 aliphatic carbocycles. The van der Waals surface area contributed by atoms with Gasteiger partial charge in [-0.05, 0) is 133 Å². The third-order valence-electron chi connectivity index (χ3n) is 13.1. The summed E-state index contributed by atoms with van der Waals surface area (Å²) in [7, 11) is 0. The van der Waals surface area contributed by atoms with Crippen molar-refractivity contribution in [1.29, 1.82) is 0 Å². The largest absolute Gasteiger partial charge is 0.0683 e. The molecule has 12 aromatic carbocycles. The van der Waals surface area contributed by atoms with Crippen LogP contribution in [0, 0.1) is 0 Å². The SMILES string of the molecule is CC.c1ccc(-c2ccc(-c3c4ccccc4c(-c4ccccc4)c4ccc(-c5ccc6c(-c7ccccc7)c7ccccc7c(-c7ccc(-c8ccccc8)cc7)c6c5)cc34)cc2)cc1. The fourth-order valence-corrected chi connectivity index (χ4v) is 10.1. The Hall–Kier alpha value is -8.32. The van der Waals surface area contributed by atoms with Crippen LogP contribution in [-0.2, 0) is 0 Å². The Kier molecular flexibility index (Phi) is 10.8. The average molecular weight is 841 g/mol. The molecule has 0 nitrogen and oxygen atoms in total. The van der Waals surface area contributed by atoms with Crippen LogP contribution in [0.15, 0.2) is 255 Å². The zero-order valence-corrected chi connectivity index (χ0v) is 37.2. The van der Waals surface area contributed by atoms with Gasteiger partial charge in [-0.15, -0.1) is 0 Å². The van der Waals surface area contributed by atoms with Gasteiger partial charge in [0.15, 0.2) is 0 Å². The first kappa shape index (κ1) is 40.5. The van der Waals surface area contributed by atoms with Gasteiger partial charge in [-0.25, -0.2) is 0 Å². The molecule has 0 saturated heterocycles.